The quantitative estimate of drug-likeness (QED) is 0.426. The number of amides is 1. The molecule has 1 aliphatic heterocycles. The van der Waals surface area contributed by atoms with Crippen molar-refractivity contribution in [3.8, 4) is 0 Å². The number of ether oxygens (including phenoxy) is 1. The van der Waals surface area contributed by atoms with Crippen LogP contribution in [0.15, 0.2) is 60.7 Å². The molecule has 0 radical (unpaired) electrons. The van der Waals surface area contributed by atoms with Gasteiger partial charge in [-0.05, 0) is 63.4 Å². The zero-order valence-electron chi connectivity index (χ0n) is 20.0. The van der Waals surface area contributed by atoms with Gasteiger partial charge in [-0.25, -0.2) is 0 Å². The molecule has 2 unspecified atom stereocenters. The third kappa shape index (κ3) is 5.24. The molecular weight excluding hydrogens is 444 g/mol. The van der Waals surface area contributed by atoms with E-state index >= 15 is 0 Å². The molecule has 1 fully saturated rings. The van der Waals surface area contributed by atoms with Crippen LogP contribution in [-0.4, -0.2) is 36.5 Å². The number of thiophene rings is 1. The zero-order chi connectivity index (χ0) is 24.1. The van der Waals surface area contributed by atoms with Crippen LogP contribution in [0.1, 0.15) is 57.7 Å². The number of hydrogen-bond donors (Lipinski definition) is 1. The van der Waals surface area contributed by atoms with Crippen LogP contribution in [0, 0.1) is 19.8 Å². The number of hydrogen-bond acceptors (Lipinski definition) is 5. The van der Waals surface area contributed by atoms with Gasteiger partial charge < -0.3 is 10.1 Å². The predicted octanol–water partition coefficient (Wildman–Crippen LogP) is 5.98. The fourth-order valence-corrected chi connectivity index (χ4v) is 5.81. The lowest BCUT2D eigenvalue weighted by Crippen LogP contribution is -2.42. The number of carbonyl (C=O) groups excluding carboxylic acids is 2. The minimum Gasteiger partial charge on any atom is -0.466 e. The van der Waals surface area contributed by atoms with Crippen molar-refractivity contribution in [2.24, 2.45) is 5.92 Å². The van der Waals surface area contributed by atoms with Crippen LogP contribution in [0.25, 0.3) is 0 Å². The van der Waals surface area contributed by atoms with Crippen LogP contribution in [-0.2, 0) is 9.53 Å². The van der Waals surface area contributed by atoms with Gasteiger partial charge in [0.2, 0.25) is 0 Å². The van der Waals surface area contributed by atoms with Crippen LogP contribution in [0.3, 0.4) is 0 Å². The van der Waals surface area contributed by atoms with E-state index in [-0.39, 0.29) is 23.8 Å². The molecule has 0 aliphatic carbocycles. The van der Waals surface area contributed by atoms with E-state index in [1.807, 2.05) is 55.5 Å². The third-order valence-electron chi connectivity index (χ3n) is 6.52. The van der Waals surface area contributed by atoms with Gasteiger partial charge in [0, 0.05) is 22.5 Å². The summed E-state index contributed by atoms with van der Waals surface area (Å²) in [5, 5.41) is 4.06. The molecule has 34 heavy (non-hydrogen) atoms. The van der Waals surface area contributed by atoms with Crippen LogP contribution in [0.2, 0.25) is 0 Å². The normalized spacial score (nSPS) is 17.2. The first-order valence-electron chi connectivity index (χ1n) is 11.9. The number of anilines is 1. The highest BCUT2D eigenvalue weighted by Gasteiger charge is 2.35. The average Bonchev–Trinajstić information content (AvgIpc) is 3.13. The SMILES string of the molecule is CCOC(=O)C1CCCN(C(c2ccccc2)c2c(NC(=O)c3ccccc3)sc(C)c2C)C1. The van der Waals surface area contributed by atoms with Crippen LogP contribution >= 0.6 is 11.3 Å². The molecule has 0 bridgehead atoms. The average molecular weight is 477 g/mol. The maximum atomic E-state index is 13.1. The maximum Gasteiger partial charge on any atom is 0.310 e. The lowest BCUT2D eigenvalue weighted by molar-refractivity contribution is -0.150. The van der Waals surface area contributed by atoms with Gasteiger partial charge in [-0.3, -0.25) is 14.5 Å². The summed E-state index contributed by atoms with van der Waals surface area (Å²) in [5.41, 5.74) is 4.08. The Balaban J connectivity index is 1.73. The predicted molar refractivity (Wildman–Crippen MR) is 137 cm³/mol. The summed E-state index contributed by atoms with van der Waals surface area (Å²) in [6.07, 6.45) is 1.77. The second-order valence-electron chi connectivity index (χ2n) is 8.75. The van der Waals surface area contributed by atoms with Gasteiger partial charge in [0.05, 0.1) is 18.6 Å². The van der Waals surface area contributed by atoms with Crippen molar-refractivity contribution in [3.63, 3.8) is 0 Å². The van der Waals surface area contributed by atoms with Crippen molar-refractivity contribution in [1.82, 2.24) is 4.90 Å². The van der Waals surface area contributed by atoms with Gasteiger partial charge >= 0.3 is 5.97 Å². The van der Waals surface area contributed by atoms with E-state index in [0.29, 0.717) is 18.7 Å². The van der Waals surface area contributed by atoms with Gasteiger partial charge in [-0.1, -0.05) is 48.5 Å². The molecular formula is C28H32N2O3S. The van der Waals surface area contributed by atoms with Crippen LogP contribution in [0.5, 0.6) is 0 Å². The van der Waals surface area contributed by atoms with E-state index in [2.05, 4.69) is 36.2 Å². The Morgan fingerprint density at radius 3 is 2.44 bits per heavy atom. The van der Waals surface area contributed by atoms with Crippen molar-refractivity contribution < 1.29 is 14.3 Å². The number of rotatable bonds is 7. The Bertz CT molecular complexity index is 1130. The number of likely N-dealkylation sites (tertiary alicyclic amines) is 1. The van der Waals surface area contributed by atoms with Crippen molar-refractivity contribution in [3.05, 3.63) is 87.8 Å². The number of aryl methyl sites for hydroxylation is 1. The fourth-order valence-electron chi connectivity index (χ4n) is 4.72. The summed E-state index contributed by atoms with van der Waals surface area (Å²) >= 11 is 1.62. The second kappa shape index (κ2) is 11.0. The summed E-state index contributed by atoms with van der Waals surface area (Å²) in [6.45, 7) is 8.00. The van der Waals surface area contributed by atoms with Gasteiger partial charge in [0.25, 0.3) is 5.91 Å². The third-order valence-corrected chi connectivity index (χ3v) is 7.66. The number of nitrogens with one attached hydrogen (secondary N) is 1. The van der Waals surface area contributed by atoms with Crippen molar-refractivity contribution in [2.45, 2.75) is 39.7 Å². The zero-order valence-corrected chi connectivity index (χ0v) is 20.9. The van der Waals surface area contributed by atoms with Crippen LogP contribution in [0.4, 0.5) is 5.00 Å². The standard InChI is InChI=1S/C28H32N2O3S/c1-4-33-28(32)23-16-11-17-30(18-23)25(21-12-7-5-8-13-21)24-19(2)20(3)34-27(24)29-26(31)22-14-9-6-10-15-22/h5-10,12-15,23,25H,4,11,16-18H2,1-3H3,(H,29,31). The molecule has 6 heteroatoms. The molecule has 178 valence electrons. The summed E-state index contributed by atoms with van der Waals surface area (Å²) in [5.74, 6) is -0.366. The highest BCUT2D eigenvalue weighted by Crippen LogP contribution is 2.43. The molecule has 1 aliphatic rings. The minimum absolute atomic E-state index is 0.0607. The first kappa shape index (κ1) is 24.2. The second-order valence-corrected chi connectivity index (χ2v) is 9.97. The molecule has 2 atom stereocenters. The van der Waals surface area contributed by atoms with Gasteiger partial charge in [0.1, 0.15) is 5.00 Å². The monoisotopic (exact) mass is 476 g/mol. The van der Waals surface area contributed by atoms with Gasteiger partial charge in [-0.2, -0.15) is 0 Å². The maximum absolute atomic E-state index is 13.1. The highest BCUT2D eigenvalue weighted by atomic mass is 32.1. The van der Waals surface area contributed by atoms with E-state index in [4.69, 9.17) is 4.74 Å². The molecule has 1 aromatic heterocycles. The first-order chi connectivity index (χ1) is 16.5. The number of esters is 1. The lowest BCUT2D eigenvalue weighted by atomic mass is 9.90. The number of nitrogens with zero attached hydrogens (tertiary/aromatic N) is 1. The number of carbonyl (C=O) groups is 2. The molecule has 1 N–H and O–H groups in total. The Morgan fingerprint density at radius 2 is 1.76 bits per heavy atom. The van der Waals surface area contributed by atoms with E-state index in [1.165, 1.54) is 10.4 Å². The summed E-state index contributed by atoms with van der Waals surface area (Å²) < 4.78 is 5.35. The van der Waals surface area contributed by atoms with Crippen LogP contribution < -0.4 is 5.32 Å². The fraction of sp³-hybridized carbons (Fsp3) is 0.357. The summed E-state index contributed by atoms with van der Waals surface area (Å²) in [6, 6.07) is 19.6. The highest BCUT2D eigenvalue weighted by molar-refractivity contribution is 7.16. The summed E-state index contributed by atoms with van der Waals surface area (Å²) in [4.78, 5) is 29.2. The molecule has 0 spiro atoms. The molecule has 5 nitrogen and oxygen atoms in total. The van der Waals surface area contributed by atoms with E-state index in [0.717, 1.165) is 35.5 Å². The Morgan fingerprint density at radius 1 is 1.09 bits per heavy atom. The minimum atomic E-state index is -0.137. The molecule has 0 saturated carbocycles. The summed E-state index contributed by atoms with van der Waals surface area (Å²) in [7, 11) is 0. The van der Waals surface area contributed by atoms with Gasteiger partial charge in [0.15, 0.2) is 0 Å². The van der Waals surface area contributed by atoms with E-state index < -0.39 is 0 Å². The molecule has 4 rings (SSSR count). The first-order valence-corrected chi connectivity index (χ1v) is 12.7. The number of benzene rings is 2. The van der Waals surface area contributed by atoms with Crippen molar-refractivity contribution in [2.75, 3.05) is 25.0 Å². The van der Waals surface area contributed by atoms with E-state index in [9.17, 15) is 9.59 Å². The Labute approximate surface area is 205 Å². The number of piperidine rings is 1. The largest absolute Gasteiger partial charge is 0.466 e. The van der Waals surface area contributed by atoms with Crippen molar-refractivity contribution >= 4 is 28.2 Å². The van der Waals surface area contributed by atoms with E-state index in [1.54, 1.807) is 11.3 Å². The molecule has 2 aromatic carbocycles. The smallest absolute Gasteiger partial charge is 0.310 e. The Hall–Kier alpha value is -2.96. The molecule has 1 amide bonds. The Kier molecular flexibility index (Phi) is 7.80. The molecule has 2 heterocycles. The molecule has 1 saturated heterocycles. The van der Waals surface area contributed by atoms with Gasteiger partial charge in [-0.15, -0.1) is 11.3 Å². The topological polar surface area (TPSA) is 58.6 Å². The lowest BCUT2D eigenvalue weighted by Gasteiger charge is -2.38. The molecule has 3 aromatic rings. The van der Waals surface area contributed by atoms with Crippen molar-refractivity contribution in [1.29, 1.82) is 0 Å².